The van der Waals surface area contributed by atoms with Crippen LogP contribution < -0.4 is 11.1 Å². The van der Waals surface area contributed by atoms with Crippen molar-refractivity contribution in [2.45, 2.75) is 36.1 Å². The van der Waals surface area contributed by atoms with Gasteiger partial charge in [0.05, 0.1) is 0 Å². The Labute approximate surface area is 120 Å². The lowest BCUT2D eigenvalue weighted by Gasteiger charge is -2.08. The number of nitrogens with two attached hydrogens (primary N) is 1. The molecule has 112 valence electrons. The van der Waals surface area contributed by atoms with Gasteiger partial charge in [0.25, 0.3) is 0 Å². The monoisotopic (exact) mass is 306 g/mol. The zero-order chi connectivity index (χ0) is 15.0. The maximum absolute atomic E-state index is 12.1. The van der Waals surface area contributed by atoms with E-state index in [1.165, 1.54) is 24.3 Å². The van der Waals surface area contributed by atoms with Crippen LogP contribution in [0.5, 0.6) is 0 Å². The van der Waals surface area contributed by atoms with E-state index in [1.54, 1.807) is 0 Å². The zero-order valence-electron chi connectivity index (χ0n) is 10.9. The molecule has 0 spiro atoms. The summed E-state index contributed by atoms with van der Waals surface area (Å²) in [4.78, 5) is 11.7. The molecule has 3 nitrogen and oxygen atoms in total. The third kappa shape index (κ3) is 7.40. The number of carbonyl (C=O) groups is 1. The van der Waals surface area contributed by atoms with Gasteiger partial charge in [0.1, 0.15) is 0 Å². The highest BCUT2D eigenvalue weighted by molar-refractivity contribution is 8.00. The van der Waals surface area contributed by atoms with Crippen LogP contribution in [0.4, 0.5) is 18.9 Å². The van der Waals surface area contributed by atoms with Crippen LogP contribution in [0.15, 0.2) is 29.2 Å². The van der Waals surface area contributed by atoms with Crippen molar-refractivity contribution in [3.05, 3.63) is 24.3 Å². The minimum absolute atomic E-state index is 0.0958. The van der Waals surface area contributed by atoms with E-state index in [-0.39, 0.29) is 22.6 Å². The molecule has 0 aliphatic heterocycles. The Balaban J connectivity index is 2.39. The first-order valence-corrected chi connectivity index (χ1v) is 7.08. The van der Waals surface area contributed by atoms with Crippen LogP contribution in [0.1, 0.15) is 25.7 Å². The first-order chi connectivity index (χ1) is 9.40. The molecule has 0 radical (unpaired) electrons. The largest absolute Gasteiger partial charge is 0.446 e. The molecule has 0 bridgehead atoms. The third-order valence-electron chi connectivity index (χ3n) is 2.48. The van der Waals surface area contributed by atoms with E-state index in [0.29, 0.717) is 18.7 Å². The number of anilines is 1. The number of hydrogen-bond acceptors (Lipinski definition) is 3. The quantitative estimate of drug-likeness (QED) is 0.596. The van der Waals surface area contributed by atoms with Crippen LogP contribution >= 0.6 is 11.8 Å². The summed E-state index contributed by atoms with van der Waals surface area (Å²) >= 11 is -0.177. The second-order valence-corrected chi connectivity index (χ2v) is 5.36. The fourth-order valence-corrected chi connectivity index (χ4v) is 2.11. The predicted octanol–water partition coefficient (Wildman–Crippen LogP) is 3.76. The number of halogens is 3. The van der Waals surface area contributed by atoms with Crippen LogP contribution in [-0.2, 0) is 4.79 Å². The van der Waals surface area contributed by atoms with E-state index in [2.05, 4.69) is 5.32 Å². The van der Waals surface area contributed by atoms with Crippen molar-refractivity contribution in [2.24, 2.45) is 5.73 Å². The van der Waals surface area contributed by atoms with Crippen molar-refractivity contribution in [3.63, 3.8) is 0 Å². The Bertz CT molecular complexity index is 421. The zero-order valence-corrected chi connectivity index (χ0v) is 11.7. The van der Waals surface area contributed by atoms with Crippen LogP contribution in [0.2, 0.25) is 0 Å². The number of thioether (sulfide) groups is 1. The lowest BCUT2D eigenvalue weighted by molar-refractivity contribution is -0.116. The Kier molecular flexibility index (Phi) is 6.87. The highest BCUT2D eigenvalue weighted by atomic mass is 32.2. The first kappa shape index (κ1) is 16.8. The normalized spacial score (nSPS) is 11.4. The van der Waals surface area contributed by atoms with Gasteiger partial charge in [0.2, 0.25) is 5.91 Å². The van der Waals surface area contributed by atoms with Gasteiger partial charge in [-0.3, -0.25) is 4.79 Å². The minimum Gasteiger partial charge on any atom is -0.330 e. The summed E-state index contributed by atoms with van der Waals surface area (Å²) in [6, 6.07) is 5.60. The lowest BCUT2D eigenvalue weighted by Crippen LogP contribution is -2.11. The lowest BCUT2D eigenvalue weighted by atomic mass is 10.2. The third-order valence-corrected chi connectivity index (χ3v) is 3.22. The molecule has 0 atom stereocenters. The number of alkyl halides is 3. The molecule has 1 amide bonds. The molecule has 0 heterocycles. The fraction of sp³-hybridized carbons (Fsp3) is 0.462. The number of hydrogen-bond donors (Lipinski definition) is 2. The maximum atomic E-state index is 12.1. The summed E-state index contributed by atoms with van der Waals surface area (Å²) in [6.07, 6.45) is 2.92. The number of unbranched alkanes of at least 4 members (excludes halogenated alkanes) is 2. The van der Waals surface area contributed by atoms with Gasteiger partial charge in [-0.25, -0.2) is 0 Å². The number of rotatable bonds is 7. The van der Waals surface area contributed by atoms with E-state index in [4.69, 9.17) is 5.73 Å². The summed E-state index contributed by atoms with van der Waals surface area (Å²) in [5.74, 6) is -0.141. The summed E-state index contributed by atoms with van der Waals surface area (Å²) in [7, 11) is 0. The molecule has 0 aromatic heterocycles. The summed E-state index contributed by atoms with van der Waals surface area (Å²) < 4.78 is 36.4. The number of nitrogens with one attached hydrogen (secondary N) is 1. The number of amides is 1. The second kappa shape index (κ2) is 8.16. The molecular formula is C13H17F3N2OS. The van der Waals surface area contributed by atoms with Crippen LogP contribution in [-0.4, -0.2) is 18.0 Å². The SMILES string of the molecule is NCCCCCC(=O)Nc1ccc(SC(F)(F)F)cc1. The van der Waals surface area contributed by atoms with Crippen LogP contribution in [0.25, 0.3) is 0 Å². The number of carbonyl (C=O) groups excluding carboxylic acids is 1. The topological polar surface area (TPSA) is 55.1 Å². The Morgan fingerprint density at radius 1 is 1.15 bits per heavy atom. The standard InChI is InChI=1S/C13H17F3N2OS/c14-13(15,16)20-11-7-5-10(6-8-11)18-12(19)4-2-1-3-9-17/h5-8H,1-4,9,17H2,(H,18,19). The van der Waals surface area contributed by atoms with Gasteiger partial charge < -0.3 is 11.1 Å². The fourth-order valence-electron chi connectivity index (χ4n) is 1.57. The highest BCUT2D eigenvalue weighted by Gasteiger charge is 2.28. The van der Waals surface area contributed by atoms with Crippen LogP contribution in [0, 0.1) is 0 Å². The van der Waals surface area contributed by atoms with Gasteiger partial charge in [-0.05, 0) is 55.4 Å². The van der Waals surface area contributed by atoms with Gasteiger partial charge in [-0.15, -0.1) is 0 Å². The average Bonchev–Trinajstić information content (AvgIpc) is 2.35. The van der Waals surface area contributed by atoms with E-state index < -0.39 is 5.51 Å². The van der Waals surface area contributed by atoms with Crippen molar-refractivity contribution in [1.82, 2.24) is 0 Å². The van der Waals surface area contributed by atoms with Crippen molar-refractivity contribution in [1.29, 1.82) is 0 Å². The van der Waals surface area contributed by atoms with Crippen LogP contribution in [0.3, 0.4) is 0 Å². The molecule has 1 aromatic rings. The van der Waals surface area contributed by atoms with E-state index in [1.807, 2.05) is 0 Å². The molecule has 0 aliphatic carbocycles. The van der Waals surface area contributed by atoms with Crippen molar-refractivity contribution >= 4 is 23.4 Å². The molecule has 0 aliphatic rings. The van der Waals surface area contributed by atoms with Gasteiger partial charge >= 0.3 is 5.51 Å². The van der Waals surface area contributed by atoms with E-state index >= 15 is 0 Å². The molecule has 0 unspecified atom stereocenters. The van der Waals surface area contributed by atoms with Crippen molar-refractivity contribution in [2.75, 3.05) is 11.9 Å². The van der Waals surface area contributed by atoms with Crippen molar-refractivity contribution in [3.8, 4) is 0 Å². The molecule has 0 saturated carbocycles. The summed E-state index contributed by atoms with van der Waals surface area (Å²) in [6.45, 7) is 0.611. The summed E-state index contributed by atoms with van der Waals surface area (Å²) in [5.41, 5.74) is 1.55. The number of benzene rings is 1. The molecule has 7 heteroatoms. The molecule has 1 aromatic carbocycles. The summed E-state index contributed by atoms with van der Waals surface area (Å²) in [5, 5.41) is 2.65. The van der Waals surface area contributed by atoms with Gasteiger partial charge in [-0.2, -0.15) is 13.2 Å². The first-order valence-electron chi connectivity index (χ1n) is 6.26. The molecule has 3 N–H and O–H groups in total. The predicted molar refractivity (Wildman–Crippen MR) is 74.5 cm³/mol. The molecule has 0 saturated heterocycles. The van der Waals surface area contributed by atoms with E-state index in [0.717, 1.165) is 19.3 Å². The Morgan fingerprint density at radius 2 is 1.80 bits per heavy atom. The van der Waals surface area contributed by atoms with Gasteiger partial charge in [0.15, 0.2) is 0 Å². The Hall–Kier alpha value is -1.21. The van der Waals surface area contributed by atoms with E-state index in [9.17, 15) is 18.0 Å². The Morgan fingerprint density at radius 3 is 2.35 bits per heavy atom. The smallest absolute Gasteiger partial charge is 0.330 e. The second-order valence-electron chi connectivity index (χ2n) is 4.22. The maximum Gasteiger partial charge on any atom is 0.446 e. The average molecular weight is 306 g/mol. The van der Waals surface area contributed by atoms with Gasteiger partial charge in [0, 0.05) is 17.0 Å². The van der Waals surface area contributed by atoms with Gasteiger partial charge in [-0.1, -0.05) is 6.42 Å². The van der Waals surface area contributed by atoms with Crippen molar-refractivity contribution < 1.29 is 18.0 Å². The minimum atomic E-state index is -4.30. The molecule has 20 heavy (non-hydrogen) atoms. The molecular weight excluding hydrogens is 289 g/mol. The molecule has 0 fully saturated rings. The molecule has 1 rings (SSSR count). The highest BCUT2D eigenvalue weighted by Crippen LogP contribution is 2.36.